The molecule has 1 saturated heterocycles. The van der Waals surface area contributed by atoms with E-state index in [1.54, 1.807) is 6.07 Å². The van der Waals surface area contributed by atoms with Crippen molar-refractivity contribution in [2.24, 2.45) is 5.41 Å². The van der Waals surface area contributed by atoms with E-state index in [-0.39, 0.29) is 26.6 Å². The summed E-state index contributed by atoms with van der Waals surface area (Å²) in [5.41, 5.74) is 3.79. The molecule has 3 aromatic rings. The van der Waals surface area contributed by atoms with Crippen LogP contribution < -0.4 is 9.46 Å². The Hall–Kier alpha value is -2.94. The Labute approximate surface area is 245 Å². The maximum absolute atomic E-state index is 12.6. The van der Waals surface area contributed by atoms with Crippen molar-refractivity contribution in [1.29, 1.82) is 0 Å². The number of rotatable bonds is 7. The Morgan fingerprint density at radius 2 is 1.85 bits per heavy atom. The van der Waals surface area contributed by atoms with Crippen molar-refractivity contribution in [3.63, 3.8) is 0 Å². The Balaban J connectivity index is 0.000000587. The van der Waals surface area contributed by atoms with Gasteiger partial charge in [0.15, 0.2) is 0 Å². The number of halogens is 4. The number of sulfonamides is 1. The van der Waals surface area contributed by atoms with Gasteiger partial charge >= 0.3 is 12.1 Å². The number of carbonyl (C=O) groups is 1. The molecule has 9 nitrogen and oxygen atoms in total. The van der Waals surface area contributed by atoms with Gasteiger partial charge in [-0.1, -0.05) is 54.8 Å². The van der Waals surface area contributed by atoms with Crippen LogP contribution >= 0.6 is 23.1 Å². The lowest BCUT2D eigenvalue weighted by Gasteiger charge is -2.44. The summed E-state index contributed by atoms with van der Waals surface area (Å²) in [5.74, 6) is -2.27. The minimum Gasteiger partial charge on any atom is -0.488 e. The van der Waals surface area contributed by atoms with Crippen LogP contribution in [0.5, 0.6) is 5.75 Å². The molecule has 41 heavy (non-hydrogen) atoms. The molecule has 1 aromatic heterocycles. The molecule has 0 spiro atoms. The summed E-state index contributed by atoms with van der Waals surface area (Å²) in [5, 5.41) is 7.58. The average Bonchev–Trinajstić information content (AvgIpc) is 3.33. The minimum atomic E-state index is -5.08. The number of anilines is 1. The second-order valence-corrected chi connectivity index (χ2v) is 13.2. The summed E-state index contributed by atoms with van der Waals surface area (Å²) in [6, 6.07) is 11.2. The van der Waals surface area contributed by atoms with Gasteiger partial charge in [0.05, 0.1) is 9.92 Å². The van der Waals surface area contributed by atoms with Crippen LogP contribution in [-0.2, 0) is 21.4 Å². The van der Waals surface area contributed by atoms with Gasteiger partial charge in [0.1, 0.15) is 18.2 Å². The number of ether oxygens (including phenoxy) is 1. The molecule has 1 fully saturated rings. The second kappa shape index (κ2) is 12.9. The maximum atomic E-state index is 12.6. The number of alkyl halides is 3. The van der Waals surface area contributed by atoms with Crippen LogP contribution in [0.3, 0.4) is 0 Å². The molecular weight excluding hydrogens is 605 g/mol. The van der Waals surface area contributed by atoms with Gasteiger partial charge in [0, 0.05) is 36.6 Å². The van der Waals surface area contributed by atoms with E-state index < -0.39 is 22.2 Å². The number of carboxylic acids is 1. The number of aryl methyl sites for hydroxylation is 2. The Bertz CT molecular complexity index is 1450. The molecule has 0 bridgehead atoms. The normalized spacial score (nSPS) is 17.3. The predicted molar refractivity (Wildman–Crippen MR) is 150 cm³/mol. The number of aliphatic carboxylic acids is 1. The van der Waals surface area contributed by atoms with E-state index >= 15 is 0 Å². The molecule has 0 aliphatic carbocycles. The van der Waals surface area contributed by atoms with Crippen molar-refractivity contribution in [2.75, 3.05) is 17.8 Å². The first-order chi connectivity index (χ1) is 19.0. The fourth-order valence-corrected chi connectivity index (χ4v) is 6.49. The largest absolute Gasteiger partial charge is 0.490 e. The summed E-state index contributed by atoms with van der Waals surface area (Å²) in [6.45, 7) is 11.4. The smallest absolute Gasteiger partial charge is 0.488 e. The zero-order valence-corrected chi connectivity index (χ0v) is 25.1. The van der Waals surface area contributed by atoms with Crippen LogP contribution in [0.2, 0.25) is 5.02 Å². The quantitative estimate of drug-likeness (QED) is 0.328. The predicted octanol–water partition coefficient (Wildman–Crippen LogP) is 5.92. The standard InChI is InChI=1S/C24H29ClN4O3S2.C2HF3O2/c1-16-9-17(2)11-18(10-16)13-29-8-7-22(24(3,4)14-29)32-21-6-5-19(12-20(21)25)34(30,31)28-23-26-15-27-33-23;3-2(4,5)1(6)7/h5-6,9-12,15,22H,7-8,13-14H2,1-4H3,(H,26,27,28);(H,6,7). The molecule has 1 unspecified atom stereocenters. The van der Waals surface area contributed by atoms with Crippen LogP contribution in [0.1, 0.15) is 37.0 Å². The first-order valence-corrected chi connectivity index (χ1v) is 14.9. The SMILES string of the molecule is Cc1cc(C)cc(CN2CCC(Oc3ccc(S(=O)(=O)Nc4ncns4)cc3Cl)C(C)(C)C2)c1.O=C(O)C(F)(F)F. The monoisotopic (exact) mass is 634 g/mol. The highest BCUT2D eigenvalue weighted by Crippen LogP contribution is 2.36. The molecule has 15 heteroatoms. The van der Waals surface area contributed by atoms with Crippen molar-refractivity contribution >= 4 is 44.3 Å². The number of piperidine rings is 1. The number of carboxylic acid groups (broad SMARTS) is 1. The number of hydrogen-bond acceptors (Lipinski definition) is 8. The fraction of sp³-hybridized carbons (Fsp3) is 0.423. The number of likely N-dealkylation sites (tertiary alicyclic amines) is 1. The maximum Gasteiger partial charge on any atom is 0.490 e. The zero-order chi connectivity index (χ0) is 30.6. The van der Waals surface area contributed by atoms with E-state index in [0.717, 1.165) is 37.6 Å². The Morgan fingerprint density at radius 3 is 2.37 bits per heavy atom. The van der Waals surface area contributed by atoms with Crippen LogP contribution in [0.4, 0.5) is 18.3 Å². The molecule has 0 radical (unpaired) electrons. The van der Waals surface area contributed by atoms with Gasteiger partial charge in [0.25, 0.3) is 10.0 Å². The van der Waals surface area contributed by atoms with Crippen molar-refractivity contribution in [2.45, 2.75) is 57.8 Å². The first kappa shape index (κ1) is 32.6. The van der Waals surface area contributed by atoms with Gasteiger partial charge in [-0.25, -0.2) is 18.2 Å². The Morgan fingerprint density at radius 1 is 1.22 bits per heavy atom. The molecular formula is C26H30ClF3N4O5S2. The van der Waals surface area contributed by atoms with Gasteiger partial charge in [-0.05, 0) is 44.0 Å². The van der Waals surface area contributed by atoms with Crippen LogP contribution in [0.25, 0.3) is 0 Å². The van der Waals surface area contributed by atoms with Crippen molar-refractivity contribution in [3.05, 3.63) is 64.4 Å². The van der Waals surface area contributed by atoms with Gasteiger partial charge in [-0.15, -0.1) is 0 Å². The van der Waals surface area contributed by atoms with E-state index in [2.05, 4.69) is 64.9 Å². The van der Waals surface area contributed by atoms with E-state index in [9.17, 15) is 21.6 Å². The zero-order valence-electron chi connectivity index (χ0n) is 22.7. The summed E-state index contributed by atoms with van der Waals surface area (Å²) in [6.07, 6.45) is -2.98. The van der Waals surface area contributed by atoms with Crippen LogP contribution in [-0.4, -0.2) is 59.1 Å². The molecule has 1 aliphatic heterocycles. The summed E-state index contributed by atoms with van der Waals surface area (Å²) in [7, 11) is -3.81. The first-order valence-electron chi connectivity index (χ1n) is 12.3. The molecule has 0 saturated carbocycles. The van der Waals surface area contributed by atoms with Crippen molar-refractivity contribution in [3.8, 4) is 5.75 Å². The lowest BCUT2D eigenvalue weighted by Crippen LogP contribution is -2.50. The van der Waals surface area contributed by atoms with Gasteiger partial charge < -0.3 is 9.84 Å². The molecule has 1 aliphatic rings. The number of benzene rings is 2. The van der Waals surface area contributed by atoms with Gasteiger partial charge in [-0.3, -0.25) is 9.62 Å². The second-order valence-electron chi connectivity index (χ2n) is 10.3. The lowest BCUT2D eigenvalue weighted by atomic mass is 9.81. The van der Waals surface area contributed by atoms with Crippen LogP contribution in [0.15, 0.2) is 47.6 Å². The molecule has 224 valence electrons. The summed E-state index contributed by atoms with van der Waals surface area (Å²) < 4.78 is 69.5. The van der Waals surface area contributed by atoms with Gasteiger partial charge in [-0.2, -0.15) is 17.5 Å². The van der Waals surface area contributed by atoms with E-state index in [0.29, 0.717) is 5.75 Å². The van der Waals surface area contributed by atoms with Gasteiger partial charge in [0.2, 0.25) is 5.13 Å². The highest BCUT2D eigenvalue weighted by Gasteiger charge is 2.39. The third-order valence-electron chi connectivity index (χ3n) is 6.21. The van der Waals surface area contributed by atoms with Crippen LogP contribution in [0, 0.1) is 19.3 Å². The van der Waals surface area contributed by atoms with E-state index in [4.69, 9.17) is 26.2 Å². The Kier molecular flexibility index (Phi) is 10.3. The van der Waals surface area contributed by atoms with E-state index in [1.165, 1.54) is 35.2 Å². The minimum absolute atomic E-state index is 0.0394. The highest BCUT2D eigenvalue weighted by atomic mass is 35.5. The lowest BCUT2D eigenvalue weighted by molar-refractivity contribution is -0.192. The summed E-state index contributed by atoms with van der Waals surface area (Å²) in [4.78, 5) is 15.3. The number of hydrogen-bond donors (Lipinski definition) is 2. The topological polar surface area (TPSA) is 122 Å². The number of nitrogens with zero attached hydrogens (tertiary/aromatic N) is 3. The molecule has 0 amide bonds. The number of nitrogens with one attached hydrogen (secondary N) is 1. The average molecular weight is 635 g/mol. The van der Waals surface area contributed by atoms with Crippen molar-refractivity contribution < 1.29 is 36.2 Å². The molecule has 1 atom stereocenters. The third-order valence-corrected chi connectivity index (χ3v) is 8.55. The number of aromatic nitrogens is 2. The molecule has 2 heterocycles. The molecule has 4 rings (SSSR count). The fourth-order valence-electron chi connectivity index (χ4n) is 4.51. The van der Waals surface area contributed by atoms with Crippen molar-refractivity contribution in [1.82, 2.24) is 14.3 Å². The molecule has 2 aromatic carbocycles. The summed E-state index contributed by atoms with van der Waals surface area (Å²) >= 11 is 7.41. The van der Waals surface area contributed by atoms with E-state index in [1.807, 2.05) is 0 Å². The molecule has 2 N–H and O–H groups in total. The third kappa shape index (κ3) is 9.28. The highest BCUT2D eigenvalue weighted by molar-refractivity contribution is 7.93.